The van der Waals surface area contributed by atoms with Crippen LogP contribution in [0.2, 0.25) is 0 Å². The minimum absolute atomic E-state index is 0.0444. The molecule has 98 valence electrons. The number of hydrogen-bond acceptors (Lipinski definition) is 4. The molecule has 0 aliphatic carbocycles. The molecule has 2 rings (SSSR count). The molecule has 0 radical (unpaired) electrons. The summed E-state index contributed by atoms with van der Waals surface area (Å²) in [5.41, 5.74) is 0. The summed E-state index contributed by atoms with van der Waals surface area (Å²) >= 11 is 0. The van der Waals surface area contributed by atoms with Gasteiger partial charge in [-0.15, -0.1) is 0 Å². The van der Waals surface area contributed by atoms with Crippen LogP contribution in [0, 0.1) is 5.92 Å². The lowest BCUT2D eigenvalue weighted by Crippen LogP contribution is -2.50. The zero-order valence-electron chi connectivity index (χ0n) is 10.1. The third kappa shape index (κ3) is 3.19. The van der Waals surface area contributed by atoms with Crippen molar-refractivity contribution in [2.75, 3.05) is 18.1 Å². The molecule has 6 heteroatoms. The van der Waals surface area contributed by atoms with Crippen molar-refractivity contribution in [2.24, 2.45) is 5.92 Å². The van der Waals surface area contributed by atoms with Gasteiger partial charge in [-0.1, -0.05) is 6.92 Å². The molecule has 1 amide bonds. The number of nitrogens with one attached hydrogen (secondary N) is 2. The monoisotopic (exact) mass is 260 g/mol. The molecule has 0 aromatic rings. The molecule has 0 saturated carbocycles. The van der Waals surface area contributed by atoms with Gasteiger partial charge < -0.3 is 10.6 Å². The third-order valence-corrected chi connectivity index (χ3v) is 5.45. The van der Waals surface area contributed by atoms with E-state index in [0.29, 0.717) is 12.3 Å². The highest BCUT2D eigenvalue weighted by atomic mass is 32.2. The second-order valence-corrected chi connectivity index (χ2v) is 7.39. The lowest BCUT2D eigenvalue weighted by atomic mass is 10.0. The molecule has 3 unspecified atom stereocenters. The molecular formula is C11H20N2O3S. The number of amides is 1. The van der Waals surface area contributed by atoms with Gasteiger partial charge in [0.15, 0.2) is 9.84 Å². The van der Waals surface area contributed by atoms with E-state index in [-0.39, 0.29) is 29.5 Å². The highest BCUT2D eigenvalue weighted by Crippen LogP contribution is 2.16. The van der Waals surface area contributed by atoms with Crippen LogP contribution in [0.25, 0.3) is 0 Å². The molecule has 5 nitrogen and oxygen atoms in total. The van der Waals surface area contributed by atoms with E-state index >= 15 is 0 Å². The highest BCUT2D eigenvalue weighted by molar-refractivity contribution is 7.91. The predicted octanol–water partition coefficient (Wildman–Crippen LogP) is -0.322. The number of carbonyl (C=O) groups is 1. The lowest BCUT2D eigenvalue weighted by molar-refractivity contribution is -0.124. The average Bonchev–Trinajstić information content (AvgIpc) is 2.62. The zero-order chi connectivity index (χ0) is 12.5. The zero-order valence-corrected chi connectivity index (χ0v) is 10.9. The van der Waals surface area contributed by atoms with Gasteiger partial charge in [0.25, 0.3) is 0 Å². The van der Waals surface area contributed by atoms with Crippen LogP contribution in [0.15, 0.2) is 0 Å². The first-order chi connectivity index (χ1) is 7.98. The van der Waals surface area contributed by atoms with Crippen molar-refractivity contribution in [2.45, 2.75) is 38.3 Å². The number of rotatable bonds is 2. The van der Waals surface area contributed by atoms with E-state index in [1.54, 1.807) is 0 Å². The summed E-state index contributed by atoms with van der Waals surface area (Å²) in [6, 6.07) is -0.351. The first-order valence-electron chi connectivity index (χ1n) is 6.22. The Kier molecular flexibility index (Phi) is 3.73. The molecule has 0 aromatic heterocycles. The summed E-state index contributed by atoms with van der Waals surface area (Å²) in [7, 11) is -2.95. The summed E-state index contributed by atoms with van der Waals surface area (Å²) in [5.74, 6) is 0.643. The van der Waals surface area contributed by atoms with Gasteiger partial charge in [-0.2, -0.15) is 0 Å². The van der Waals surface area contributed by atoms with Crippen LogP contribution in [0.5, 0.6) is 0 Å². The Hall–Kier alpha value is -0.620. The van der Waals surface area contributed by atoms with Crippen LogP contribution < -0.4 is 10.6 Å². The molecule has 17 heavy (non-hydrogen) atoms. The fourth-order valence-corrected chi connectivity index (χ4v) is 4.25. The Morgan fingerprint density at radius 1 is 1.35 bits per heavy atom. The van der Waals surface area contributed by atoms with Crippen LogP contribution >= 0.6 is 0 Å². The van der Waals surface area contributed by atoms with Crippen molar-refractivity contribution >= 4 is 15.7 Å². The minimum Gasteiger partial charge on any atom is -0.351 e. The second kappa shape index (κ2) is 4.94. The van der Waals surface area contributed by atoms with E-state index in [2.05, 4.69) is 10.6 Å². The first-order valence-corrected chi connectivity index (χ1v) is 8.04. The molecule has 3 atom stereocenters. The van der Waals surface area contributed by atoms with Crippen LogP contribution in [0.3, 0.4) is 0 Å². The summed E-state index contributed by atoms with van der Waals surface area (Å²) in [6.45, 7) is 2.91. The van der Waals surface area contributed by atoms with Crippen molar-refractivity contribution in [1.82, 2.24) is 10.6 Å². The van der Waals surface area contributed by atoms with Crippen LogP contribution in [-0.4, -0.2) is 44.5 Å². The molecule has 2 N–H and O–H groups in total. The maximum atomic E-state index is 12.0. The van der Waals surface area contributed by atoms with Gasteiger partial charge in [0.05, 0.1) is 17.5 Å². The van der Waals surface area contributed by atoms with E-state index in [9.17, 15) is 13.2 Å². The standard InChI is InChI=1S/C11H20N2O3S/c1-8-4-5-12-10(8)11(14)13-9-3-2-6-17(15,16)7-9/h8-10,12H,2-7H2,1H3,(H,13,14). The van der Waals surface area contributed by atoms with E-state index in [1.807, 2.05) is 6.92 Å². The number of sulfone groups is 1. The predicted molar refractivity (Wildman–Crippen MR) is 65.4 cm³/mol. The van der Waals surface area contributed by atoms with Crippen LogP contribution in [-0.2, 0) is 14.6 Å². The Morgan fingerprint density at radius 3 is 2.71 bits per heavy atom. The Bertz CT molecular complexity index is 394. The van der Waals surface area contributed by atoms with Crippen molar-refractivity contribution in [3.05, 3.63) is 0 Å². The fourth-order valence-electron chi connectivity index (χ4n) is 2.61. The van der Waals surface area contributed by atoms with E-state index in [0.717, 1.165) is 19.4 Å². The van der Waals surface area contributed by atoms with E-state index in [1.165, 1.54) is 0 Å². The van der Waals surface area contributed by atoms with Gasteiger partial charge in [0.2, 0.25) is 5.91 Å². The molecule has 0 spiro atoms. The Balaban J connectivity index is 1.90. The largest absolute Gasteiger partial charge is 0.351 e. The highest BCUT2D eigenvalue weighted by Gasteiger charge is 2.32. The van der Waals surface area contributed by atoms with Gasteiger partial charge in [0, 0.05) is 6.04 Å². The van der Waals surface area contributed by atoms with Crippen molar-refractivity contribution in [1.29, 1.82) is 0 Å². The van der Waals surface area contributed by atoms with Gasteiger partial charge >= 0.3 is 0 Å². The molecule has 2 aliphatic rings. The summed E-state index contributed by atoms with van der Waals surface area (Å²) in [4.78, 5) is 12.0. The van der Waals surface area contributed by atoms with Gasteiger partial charge in [-0.05, 0) is 31.7 Å². The van der Waals surface area contributed by atoms with E-state index in [4.69, 9.17) is 0 Å². The average molecular weight is 260 g/mol. The third-order valence-electron chi connectivity index (χ3n) is 3.62. The van der Waals surface area contributed by atoms with Crippen molar-refractivity contribution < 1.29 is 13.2 Å². The molecule has 2 saturated heterocycles. The van der Waals surface area contributed by atoms with Crippen LogP contribution in [0.1, 0.15) is 26.2 Å². The lowest BCUT2D eigenvalue weighted by Gasteiger charge is -2.25. The Morgan fingerprint density at radius 2 is 2.12 bits per heavy atom. The van der Waals surface area contributed by atoms with E-state index < -0.39 is 9.84 Å². The molecule has 0 bridgehead atoms. The maximum absolute atomic E-state index is 12.0. The maximum Gasteiger partial charge on any atom is 0.237 e. The van der Waals surface area contributed by atoms with Gasteiger partial charge in [-0.3, -0.25) is 4.79 Å². The normalized spacial score (nSPS) is 36.6. The number of carbonyl (C=O) groups excluding carboxylic acids is 1. The quantitative estimate of drug-likeness (QED) is 0.713. The molecule has 0 aromatic carbocycles. The second-order valence-electron chi connectivity index (χ2n) is 5.16. The summed E-state index contributed by atoms with van der Waals surface area (Å²) in [6.07, 6.45) is 2.42. The van der Waals surface area contributed by atoms with Crippen molar-refractivity contribution in [3.8, 4) is 0 Å². The smallest absolute Gasteiger partial charge is 0.237 e. The van der Waals surface area contributed by atoms with Crippen LogP contribution in [0.4, 0.5) is 0 Å². The van der Waals surface area contributed by atoms with Crippen molar-refractivity contribution in [3.63, 3.8) is 0 Å². The summed E-state index contributed by atoms with van der Waals surface area (Å²) < 4.78 is 22.9. The summed E-state index contributed by atoms with van der Waals surface area (Å²) in [5, 5.41) is 6.02. The topological polar surface area (TPSA) is 75.3 Å². The molecule has 2 heterocycles. The fraction of sp³-hybridized carbons (Fsp3) is 0.909. The number of hydrogen-bond donors (Lipinski definition) is 2. The van der Waals surface area contributed by atoms with Gasteiger partial charge in [0.1, 0.15) is 0 Å². The molecular weight excluding hydrogens is 240 g/mol. The molecule has 2 aliphatic heterocycles. The Labute approximate surface area is 102 Å². The SMILES string of the molecule is CC1CCNC1C(=O)NC1CCCS(=O)(=O)C1. The minimum atomic E-state index is -2.95. The molecule has 2 fully saturated rings. The first kappa shape index (κ1) is 12.8. The van der Waals surface area contributed by atoms with Gasteiger partial charge in [-0.25, -0.2) is 8.42 Å².